The zero-order valence-corrected chi connectivity index (χ0v) is 15.1. The number of carbonyl (C=O) groups excluding carboxylic acids is 1. The molecule has 27 heavy (non-hydrogen) atoms. The third kappa shape index (κ3) is 4.36. The lowest BCUT2D eigenvalue weighted by molar-refractivity contribution is -0.386. The van der Waals surface area contributed by atoms with Gasteiger partial charge in [-0.25, -0.2) is 0 Å². The summed E-state index contributed by atoms with van der Waals surface area (Å²) in [5.74, 6) is -0.655. The Morgan fingerprint density at radius 2 is 1.96 bits per heavy atom. The third-order valence-corrected chi connectivity index (χ3v) is 3.90. The van der Waals surface area contributed by atoms with E-state index in [0.717, 1.165) is 16.8 Å². The molecule has 1 aromatic carbocycles. The second-order valence-electron chi connectivity index (χ2n) is 6.11. The predicted octanol–water partition coefficient (Wildman–Crippen LogP) is 3.13. The standard InChI is InChI=1S/C16H18F3N5O3/c1-9-15(24(26)27)10(2)23(21-9)8-14(25)20-12-7-11(16(17,18)19)5-6-13(12)22(3)4/h5-7H,8H2,1-4H3,(H,20,25). The summed E-state index contributed by atoms with van der Waals surface area (Å²) in [6, 6.07) is 3.03. The van der Waals surface area contributed by atoms with Crippen LogP contribution in [0.5, 0.6) is 0 Å². The van der Waals surface area contributed by atoms with Crippen molar-refractivity contribution in [3.05, 3.63) is 45.3 Å². The number of aromatic nitrogens is 2. The Balaban J connectivity index is 2.30. The molecule has 1 aromatic heterocycles. The number of alkyl halides is 3. The number of rotatable bonds is 5. The highest BCUT2D eigenvalue weighted by atomic mass is 19.4. The third-order valence-electron chi connectivity index (χ3n) is 3.90. The van der Waals surface area contributed by atoms with E-state index in [1.165, 1.54) is 19.9 Å². The van der Waals surface area contributed by atoms with Crippen LogP contribution in [0.25, 0.3) is 0 Å². The molecule has 0 unspecified atom stereocenters. The van der Waals surface area contributed by atoms with Gasteiger partial charge in [-0.15, -0.1) is 0 Å². The number of halogens is 3. The first-order valence-corrected chi connectivity index (χ1v) is 7.78. The molecule has 8 nitrogen and oxygen atoms in total. The monoisotopic (exact) mass is 385 g/mol. The van der Waals surface area contributed by atoms with Crippen LogP contribution in [0.3, 0.4) is 0 Å². The number of anilines is 2. The molecule has 0 bridgehead atoms. The van der Waals surface area contributed by atoms with Gasteiger partial charge in [-0.05, 0) is 32.0 Å². The average molecular weight is 385 g/mol. The van der Waals surface area contributed by atoms with Gasteiger partial charge in [0.15, 0.2) is 0 Å². The molecule has 0 fully saturated rings. The molecule has 0 spiro atoms. The molecule has 1 amide bonds. The molecule has 2 rings (SSSR count). The van der Waals surface area contributed by atoms with Gasteiger partial charge in [-0.1, -0.05) is 0 Å². The van der Waals surface area contributed by atoms with Crippen molar-refractivity contribution in [1.29, 1.82) is 0 Å². The van der Waals surface area contributed by atoms with Crippen LogP contribution in [0.4, 0.5) is 30.2 Å². The number of carbonyl (C=O) groups is 1. The molecule has 0 atom stereocenters. The number of nitrogens with zero attached hydrogens (tertiary/aromatic N) is 4. The Bertz CT molecular complexity index is 890. The van der Waals surface area contributed by atoms with Gasteiger partial charge in [0.2, 0.25) is 5.91 Å². The van der Waals surface area contributed by atoms with Crippen LogP contribution in [0.15, 0.2) is 18.2 Å². The van der Waals surface area contributed by atoms with E-state index in [9.17, 15) is 28.1 Å². The molecule has 0 saturated heterocycles. The largest absolute Gasteiger partial charge is 0.416 e. The highest BCUT2D eigenvalue weighted by Gasteiger charge is 2.31. The zero-order chi connectivity index (χ0) is 20.5. The second-order valence-corrected chi connectivity index (χ2v) is 6.11. The van der Waals surface area contributed by atoms with Gasteiger partial charge in [0.25, 0.3) is 0 Å². The molecule has 11 heteroatoms. The van der Waals surface area contributed by atoms with Crippen LogP contribution in [0.1, 0.15) is 17.0 Å². The first kappa shape index (κ1) is 20.2. The minimum atomic E-state index is -4.55. The van der Waals surface area contributed by atoms with E-state index in [0.29, 0.717) is 5.69 Å². The van der Waals surface area contributed by atoms with Crippen molar-refractivity contribution in [2.24, 2.45) is 0 Å². The molecule has 1 heterocycles. The number of hydrogen-bond donors (Lipinski definition) is 1. The maximum Gasteiger partial charge on any atom is 0.416 e. The summed E-state index contributed by atoms with van der Waals surface area (Å²) in [7, 11) is 3.26. The number of aryl methyl sites for hydroxylation is 1. The van der Waals surface area contributed by atoms with Gasteiger partial charge in [-0.3, -0.25) is 19.6 Å². The van der Waals surface area contributed by atoms with Crippen LogP contribution in [-0.2, 0) is 17.5 Å². The van der Waals surface area contributed by atoms with Crippen molar-refractivity contribution in [1.82, 2.24) is 9.78 Å². The first-order valence-electron chi connectivity index (χ1n) is 7.78. The first-order chi connectivity index (χ1) is 12.4. The predicted molar refractivity (Wildman–Crippen MR) is 92.8 cm³/mol. The normalized spacial score (nSPS) is 11.4. The van der Waals surface area contributed by atoms with Gasteiger partial charge >= 0.3 is 11.9 Å². The van der Waals surface area contributed by atoms with E-state index < -0.39 is 22.6 Å². The van der Waals surface area contributed by atoms with E-state index in [4.69, 9.17) is 0 Å². The lowest BCUT2D eigenvalue weighted by atomic mass is 10.1. The van der Waals surface area contributed by atoms with Crippen molar-refractivity contribution in [3.8, 4) is 0 Å². The van der Waals surface area contributed by atoms with Gasteiger partial charge in [0.05, 0.1) is 21.9 Å². The summed E-state index contributed by atoms with van der Waals surface area (Å²) in [5, 5.41) is 17.4. The molecule has 0 radical (unpaired) electrons. The number of nitro groups is 1. The second kappa shape index (κ2) is 7.25. The van der Waals surface area contributed by atoms with Crippen molar-refractivity contribution in [3.63, 3.8) is 0 Å². The maximum absolute atomic E-state index is 13.0. The minimum Gasteiger partial charge on any atom is -0.376 e. The lowest BCUT2D eigenvalue weighted by Crippen LogP contribution is -2.22. The Hall–Kier alpha value is -3.11. The molecule has 0 aliphatic rings. The number of hydrogen-bond acceptors (Lipinski definition) is 5. The molecular weight excluding hydrogens is 367 g/mol. The van der Waals surface area contributed by atoms with Gasteiger partial charge in [-0.2, -0.15) is 18.3 Å². The van der Waals surface area contributed by atoms with Crippen LogP contribution in [0, 0.1) is 24.0 Å². The molecule has 0 saturated carbocycles. The van der Waals surface area contributed by atoms with Crippen LogP contribution in [0.2, 0.25) is 0 Å². The summed E-state index contributed by atoms with van der Waals surface area (Å²) >= 11 is 0. The SMILES string of the molecule is Cc1nn(CC(=O)Nc2cc(C(F)(F)F)ccc2N(C)C)c(C)c1[N+](=O)[O-]. The molecule has 2 aromatic rings. The topological polar surface area (TPSA) is 93.3 Å². The van der Waals surface area contributed by atoms with Crippen molar-refractivity contribution in [2.75, 3.05) is 24.3 Å². The fraction of sp³-hybridized carbons (Fsp3) is 0.375. The Labute approximate surface area is 152 Å². The fourth-order valence-electron chi connectivity index (χ4n) is 2.63. The summed E-state index contributed by atoms with van der Waals surface area (Å²) in [4.78, 5) is 24.3. The van der Waals surface area contributed by atoms with E-state index in [1.54, 1.807) is 19.0 Å². The summed E-state index contributed by atoms with van der Waals surface area (Å²) < 4.78 is 40.0. The molecular formula is C16H18F3N5O3. The molecule has 0 aliphatic carbocycles. The quantitative estimate of drug-likeness (QED) is 0.630. The van der Waals surface area contributed by atoms with Gasteiger partial charge < -0.3 is 10.2 Å². The van der Waals surface area contributed by atoms with E-state index in [2.05, 4.69) is 10.4 Å². The Morgan fingerprint density at radius 3 is 2.44 bits per heavy atom. The smallest absolute Gasteiger partial charge is 0.376 e. The zero-order valence-electron chi connectivity index (χ0n) is 15.1. The van der Waals surface area contributed by atoms with Crippen molar-refractivity contribution in [2.45, 2.75) is 26.6 Å². The lowest BCUT2D eigenvalue weighted by Gasteiger charge is -2.20. The Kier molecular flexibility index (Phi) is 5.43. The van der Waals surface area contributed by atoms with Gasteiger partial charge in [0, 0.05) is 14.1 Å². The minimum absolute atomic E-state index is 0.0177. The average Bonchev–Trinajstić information content (AvgIpc) is 2.79. The summed E-state index contributed by atoms with van der Waals surface area (Å²) in [6.45, 7) is 2.51. The molecule has 0 aliphatic heterocycles. The molecule has 1 N–H and O–H groups in total. The number of nitrogens with one attached hydrogen (secondary N) is 1. The highest BCUT2D eigenvalue weighted by Crippen LogP contribution is 2.35. The van der Waals surface area contributed by atoms with E-state index in [-0.39, 0.29) is 29.3 Å². The van der Waals surface area contributed by atoms with Crippen LogP contribution < -0.4 is 10.2 Å². The fourth-order valence-corrected chi connectivity index (χ4v) is 2.63. The van der Waals surface area contributed by atoms with Gasteiger partial charge in [0.1, 0.15) is 17.9 Å². The number of benzene rings is 1. The molecule has 146 valence electrons. The maximum atomic E-state index is 13.0. The number of amides is 1. The van der Waals surface area contributed by atoms with Crippen molar-refractivity contribution >= 4 is 23.0 Å². The van der Waals surface area contributed by atoms with Crippen molar-refractivity contribution < 1.29 is 22.9 Å². The van der Waals surface area contributed by atoms with Crippen LogP contribution >= 0.6 is 0 Å². The van der Waals surface area contributed by atoms with E-state index in [1.807, 2.05) is 0 Å². The highest BCUT2D eigenvalue weighted by molar-refractivity contribution is 5.94. The van der Waals surface area contributed by atoms with E-state index >= 15 is 0 Å². The van der Waals surface area contributed by atoms with Crippen LogP contribution in [-0.4, -0.2) is 34.7 Å². The Morgan fingerprint density at radius 1 is 1.33 bits per heavy atom. The summed E-state index contributed by atoms with van der Waals surface area (Å²) in [5.41, 5.74) is -0.393. The summed E-state index contributed by atoms with van der Waals surface area (Å²) in [6.07, 6.45) is -4.55.